The lowest BCUT2D eigenvalue weighted by atomic mass is 10.0. The van der Waals surface area contributed by atoms with E-state index >= 15 is 0 Å². The maximum absolute atomic E-state index is 12.6. The molecule has 4 aromatic rings. The molecule has 7 nitrogen and oxygen atoms in total. The second kappa shape index (κ2) is 9.57. The van der Waals surface area contributed by atoms with Crippen LogP contribution in [-0.2, 0) is 11.2 Å². The van der Waals surface area contributed by atoms with Gasteiger partial charge in [0.05, 0.1) is 31.2 Å². The van der Waals surface area contributed by atoms with E-state index in [1.54, 1.807) is 36.4 Å². The zero-order valence-electron chi connectivity index (χ0n) is 16.5. The van der Waals surface area contributed by atoms with Gasteiger partial charge in [0.2, 0.25) is 5.89 Å². The second-order valence-electron chi connectivity index (χ2n) is 6.96. The molecule has 2 aromatic heterocycles. The summed E-state index contributed by atoms with van der Waals surface area (Å²) in [4.78, 5) is 32.6. The van der Waals surface area contributed by atoms with Crippen LogP contribution in [0.15, 0.2) is 53.2 Å². The Labute approximate surface area is 207 Å². The Balaban J connectivity index is 1.60. The monoisotopic (exact) mass is 523 g/mol. The van der Waals surface area contributed by atoms with E-state index in [4.69, 9.17) is 50.8 Å². The number of carbonyl (C=O) groups is 2. The SMILES string of the molecule is O=C(N[C@@H](Cc1ccc2oc(-c3c(Cl)cccc3Cl)nc2c1)C(=O)O)c1c(Cl)cncc1Cl. The smallest absolute Gasteiger partial charge is 0.326 e. The summed E-state index contributed by atoms with van der Waals surface area (Å²) in [7, 11) is 0. The summed E-state index contributed by atoms with van der Waals surface area (Å²) in [6.07, 6.45) is 2.48. The molecule has 1 amide bonds. The van der Waals surface area contributed by atoms with E-state index in [1.165, 1.54) is 12.4 Å². The molecule has 0 saturated heterocycles. The van der Waals surface area contributed by atoms with Crippen LogP contribution in [0.25, 0.3) is 22.6 Å². The van der Waals surface area contributed by atoms with Crippen molar-refractivity contribution in [1.82, 2.24) is 15.3 Å². The van der Waals surface area contributed by atoms with Gasteiger partial charge in [-0.05, 0) is 29.8 Å². The van der Waals surface area contributed by atoms with Gasteiger partial charge in [0, 0.05) is 18.8 Å². The lowest BCUT2D eigenvalue weighted by molar-refractivity contribution is -0.139. The van der Waals surface area contributed by atoms with Gasteiger partial charge in [-0.3, -0.25) is 9.78 Å². The molecule has 0 saturated carbocycles. The van der Waals surface area contributed by atoms with Gasteiger partial charge >= 0.3 is 5.97 Å². The Bertz CT molecular complexity index is 1350. The number of aromatic nitrogens is 2. The number of rotatable bonds is 6. The van der Waals surface area contributed by atoms with Crippen molar-refractivity contribution in [3.63, 3.8) is 0 Å². The van der Waals surface area contributed by atoms with Crippen molar-refractivity contribution in [2.45, 2.75) is 12.5 Å². The van der Waals surface area contributed by atoms with Crippen LogP contribution in [0, 0.1) is 0 Å². The Hall–Kier alpha value is -2.84. The Morgan fingerprint density at radius 3 is 2.30 bits per heavy atom. The first-order chi connectivity index (χ1) is 15.7. The third kappa shape index (κ3) is 4.91. The van der Waals surface area contributed by atoms with Crippen LogP contribution in [0.3, 0.4) is 0 Å². The molecule has 0 spiro atoms. The average molecular weight is 525 g/mol. The highest BCUT2D eigenvalue weighted by Gasteiger charge is 2.24. The van der Waals surface area contributed by atoms with Crippen LogP contribution in [-0.4, -0.2) is 33.0 Å². The molecule has 11 heteroatoms. The molecule has 2 heterocycles. The summed E-state index contributed by atoms with van der Waals surface area (Å²) >= 11 is 24.5. The van der Waals surface area contributed by atoms with E-state index in [1.807, 2.05) is 0 Å². The Kier molecular flexibility index (Phi) is 6.76. The largest absolute Gasteiger partial charge is 0.480 e. The molecular weight excluding hydrogens is 512 g/mol. The second-order valence-corrected chi connectivity index (χ2v) is 8.59. The number of carboxylic acid groups (broad SMARTS) is 1. The van der Waals surface area contributed by atoms with Gasteiger partial charge in [-0.2, -0.15) is 0 Å². The summed E-state index contributed by atoms with van der Waals surface area (Å²) in [5, 5.41) is 12.9. The topological polar surface area (TPSA) is 105 Å². The summed E-state index contributed by atoms with van der Waals surface area (Å²) in [6.45, 7) is 0. The number of nitrogens with one attached hydrogen (secondary N) is 1. The third-order valence-corrected chi connectivity index (χ3v) is 5.96. The van der Waals surface area contributed by atoms with Crippen LogP contribution in [0.4, 0.5) is 0 Å². The quantitative estimate of drug-likeness (QED) is 0.324. The zero-order chi connectivity index (χ0) is 23.7. The van der Waals surface area contributed by atoms with E-state index in [9.17, 15) is 14.7 Å². The Morgan fingerprint density at radius 1 is 1.00 bits per heavy atom. The summed E-state index contributed by atoms with van der Waals surface area (Å²) in [5.41, 5.74) is 1.96. The normalized spacial score (nSPS) is 12.0. The molecule has 0 bridgehead atoms. The number of carboxylic acids is 1. The van der Waals surface area contributed by atoms with Gasteiger partial charge in [-0.25, -0.2) is 9.78 Å². The zero-order valence-corrected chi connectivity index (χ0v) is 19.5. The van der Waals surface area contributed by atoms with E-state index in [2.05, 4.69) is 15.3 Å². The van der Waals surface area contributed by atoms with Gasteiger partial charge in [0.25, 0.3) is 5.91 Å². The van der Waals surface area contributed by atoms with E-state index in [-0.39, 0.29) is 27.9 Å². The molecule has 2 aromatic carbocycles. The van der Waals surface area contributed by atoms with Crippen molar-refractivity contribution in [2.75, 3.05) is 0 Å². The number of carbonyl (C=O) groups excluding carboxylic acids is 1. The molecule has 1 atom stereocenters. The maximum Gasteiger partial charge on any atom is 0.326 e. The highest BCUT2D eigenvalue weighted by atomic mass is 35.5. The number of fused-ring (bicyclic) bond motifs is 1. The van der Waals surface area contributed by atoms with Crippen molar-refractivity contribution in [3.05, 3.63) is 80.0 Å². The van der Waals surface area contributed by atoms with Crippen LogP contribution in [0.5, 0.6) is 0 Å². The fourth-order valence-electron chi connectivity index (χ4n) is 3.20. The van der Waals surface area contributed by atoms with Crippen molar-refractivity contribution in [3.8, 4) is 11.5 Å². The number of benzene rings is 2. The third-order valence-electron chi connectivity index (χ3n) is 4.75. The fraction of sp³-hybridized carbons (Fsp3) is 0.0909. The maximum atomic E-state index is 12.6. The van der Waals surface area contributed by atoms with Crippen molar-refractivity contribution >= 4 is 69.4 Å². The molecular formula is C22H13Cl4N3O4. The molecule has 0 aliphatic carbocycles. The van der Waals surface area contributed by atoms with Gasteiger partial charge in [-0.15, -0.1) is 0 Å². The van der Waals surface area contributed by atoms with Crippen molar-refractivity contribution in [2.24, 2.45) is 0 Å². The van der Waals surface area contributed by atoms with Gasteiger partial charge in [0.1, 0.15) is 11.6 Å². The first kappa shape index (κ1) is 23.3. The molecule has 0 fully saturated rings. The average Bonchev–Trinajstić information content (AvgIpc) is 3.15. The lowest BCUT2D eigenvalue weighted by Gasteiger charge is -2.15. The number of hydrogen-bond acceptors (Lipinski definition) is 5. The van der Waals surface area contributed by atoms with Crippen LogP contribution >= 0.6 is 46.4 Å². The first-order valence-corrected chi connectivity index (χ1v) is 10.9. The molecule has 4 rings (SSSR count). The Morgan fingerprint density at radius 2 is 1.67 bits per heavy atom. The van der Waals surface area contributed by atoms with E-state index in [0.29, 0.717) is 32.3 Å². The fourth-order valence-corrected chi connectivity index (χ4v) is 4.30. The predicted molar refractivity (Wildman–Crippen MR) is 126 cm³/mol. The minimum Gasteiger partial charge on any atom is -0.480 e. The van der Waals surface area contributed by atoms with Crippen LogP contribution in [0.2, 0.25) is 20.1 Å². The number of aliphatic carboxylic acids is 1. The minimum absolute atomic E-state index is 0.0129. The number of hydrogen-bond donors (Lipinski definition) is 2. The van der Waals surface area contributed by atoms with Gasteiger partial charge in [0.15, 0.2) is 5.58 Å². The summed E-state index contributed by atoms with van der Waals surface area (Å²) < 4.78 is 5.77. The minimum atomic E-state index is -1.25. The molecule has 0 radical (unpaired) electrons. The predicted octanol–water partition coefficient (Wildman–Crippen LogP) is 5.93. The molecule has 168 valence electrons. The summed E-state index contributed by atoms with van der Waals surface area (Å²) in [6, 6.07) is 8.81. The molecule has 0 aliphatic heterocycles. The standard InChI is InChI=1S/C22H13Cl4N3O4/c23-11-2-1-3-12(24)19(11)21-29-15-6-10(4-5-17(15)33-21)7-16(22(31)32)28-20(30)18-13(25)8-27-9-14(18)26/h1-6,8-9,16H,7H2,(H,28,30)(H,31,32)/t16-/m0/s1. The lowest BCUT2D eigenvalue weighted by Crippen LogP contribution is -2.42. The van der Waals surface area contributed by atoms with Crippen molar-refractivity contribution < 1.29 is 19.1 Å². The number of nitrogens with zero attached hydrogens (tertiary/aromatic N) is 2. The number of oxazole rings is 1. The van der Waals surface area contributed by atoms with Gasteiger partial charge in [-0.1, -0.05) is 58.5 Å². The molecule has 0 unspecified atom stereocenters. The molecule has 2 N–H and O–H groups in total. The number of halogens is 4. The first-order valence-electron chi connectivity index (χ1n) is 9.41. The number of amides is 1. The van der Waals surface area contributed by atoms with E-state index in [0.717, 1.165) is 0 Å². The molecule has 0 aliphatic rings. The van der Waals surface area contributed by atoms with Gasteiger partial charge < -0.3 is 14.8 Å². The van der Waals surface area contributed by atoms with E-state index < -0.39 is 17.9 Å². The summed E-state index contributed by atoms with van der Waals surface area (Å²) in [5.74, 6) is -1.71. The van der Waals surface area contributed by atoms with Crippen LogP contribution < -0.4 is 5.32 Å². The highest BCUT2D eigenvalue weighted by Crippen LogP contribution is 2.35. The highest BCUT2D eigenvalue weighted by molar-refractivity contribution is 6.40. The molecule has 33 heavy (non-hydrogen) atoms. The number of pyridine rings is 1. The van der Waals surface area contributed by atoms with Crippen molar-refractivity contribution in [1.29, 1.82) is 0 Å². The van der Waals surface area contributed by atoms with Crippen LogP contribution in [0.1, 0.15) is 15.9 Å².